The van der Waals surface area contributed by atoms with E-state index in [1.54, 1.807) is 42.0 Å². The fraction of sp³-hybridized carbons (Fsp3) is 0.333. The van der Waals surface area contributed by atoms with Gasteiger partial charge in [-0.3, -0.25) is 9.59 Å². The molecule has 1 aliphatic rings. The van der Waals surface area contributed by atoms with Crippen molar-refractivity contribution in [1.29, 1.82) is 0 Å². The molecule has 1 amide bonds. The van der Waals surface area contributed by atoms with Gasteiger partial charge in [0.1, 0.15) is 11.4 Å². The van der Waals surface area contributed by atoms with Crippen LogP contribution in [0.2, 0.25) is 0 Å². The number of benzene rings is 1. The molecule has 0 radical (unpaired) electrons. The van der Waals surface area contributed by atoms with Crippen LogP contribution in [0.3, 0.4) is 0 Å². The van der Waals surface area contributed by atoms with Crippen molar-refractivity contribution in [3.05, 3.63) is 69.4 Å². The van der Waals surface area contributed by atoms with Crippen molar-refractivity contribution >= 4 is 5.91 Å². The second kappa shape index (κ2) is 6.36. The van der Waals surface area contributed by atoms with Gasteiger partial charge in [-0.2, -0.15) is 0 Å². The molecule has 0 unspecified atom stereocenters. The summed E-state index contributed by atoms with van der Waals surface area (Å²) in [4.78, 5) is 24.8. The Kier molecular flexibility index (Phi) is 4.28. The predicted octanol–water partition coefficient (Wildman–Crippen LogP) is 2.60. The molecule has 1 aromatic heterocycles. The van der Waals surface area contributed by atoms with E-state index < -0.39 is 0 Å². The molecule has 1 aliphatic carbocycles. The van der Waals surface area contributed by atoms with Crippen LogP contribution in [0.1, 0.15) is 40.4 Å². The Hall–Kier alpha value is -2.43. The third-order valence-electron chi connectivity index (χ3n) is 4.13. The molecular weight excluding hydrogens is 295 g/mol. The van der Waals surface area contributed by atoms with Gasteiger partial charge < -0.3 is 9.88 Å². The first-order chi connectivity index (χ1) is 11.1. The Morgan fingerprint density at radius 1 is 1.30 bits per heavy atom. The maximum Gasteiger partial charge on any atom is 0.263 e. The largest absolute Gasteiger partial charge is 0.352 e. The predicted molar refractivity (Wildman–Crippen MR) is 86.1 cm³/mol. The van der Waals surface area contributed by atoms with Crippen LogP contribution >= 0.6 is 0 Å². The van der Waals surface area contributed by atoms with Gasteiger partial charge in [-0.05, 0) is 49.4 Å². The number of carbonyl (C=O) groups is 1. The molecule has 1 N–H and O–H groups in total. The van der Waals surface area contributed by atoms with Crippen LogP contribution in [0, 0.1) is 12.7 Å². The Morgan fingerprint density at radius 2 is 2.04 bits per heavy atom. The fourth-order valence-electron chi connectivity index (χ4n) is 2.66. The van der Waals surface area contributed by atoms with Crippen LogP contribution in [0.4, 0.5) is 4.39 Å². The first-order valence-corrected chi connectivity index (χ1v) is 7.81. The highest BCUT2D eigenvalue weighted by Crippen LogP contribution is 2.33. The van der Waals surface area contributed by atoms with E-state index in [9.17, 15) is 14.0 Å². The minimum atomic E-state index is -0.390. The number of amides is 1. The van der Waals surface area contributed by atoms with E-state index in [-0.39, 0.29) is 35.4 Å². The maximum atomic E-state index is 13.5. The van der Waals surface area contributed by atoms with Gasteiger partial charge in [0, 0.05) is 18.8 Å². The number of hydrogen-bond acceptors (Lipinski definition) is 2. The average Bonchev–Trinajstić information content (AvgIpc) is 3.34. The molecule has 1 fully saturated rings. The number of hydrogen-bond donors (Lipinski definition) is 1. The molecule has 0 saturated heterocycles. The van der Waals surface area contributed by atoms with E-state index in [0.717, 1.165) is 12.8 Å². The number of nitrogens with one attached hydrogen (secondary N) is 1. The van der Waals surface area contributed by atoms with Gasteiger partial charge in [-0.15, -0.1) is 0 Å². The van der Waals surface area contributed by atoms with Crippen molar-refractivity contribution in [2.45, 2.75) is 32.2 Å². The molecule has 0 bridgehead atoms. The Labute approximate surface area is 134 Å². The Bertz CT molecular complexity index is 794. The summed E-state index contributed by atoms with van der Waals surface area (Å²) in [5.74, 6) is -0.674. The molecule has 4 nitrogen and oxygen atoms in total. The van der Waals surface area contributed by atoms with Crippen molar-refractivity contribution in [2.75, 3.05) is 6.54 Å². The number of carbonyl (C=O) groups excluding carboxylic acids is 1. The van der Waals surface area contributed by atoms with Gasteiger partial charge in [0.25, 0.3) is 11.5 Å². The van der Waals surface area contributed by atoms with Crippen molar-refractivity contribution < 1.29 is 9.18 Å². The van der Waals surface area contributed by atoms with E-state index in [2.05, 4.69) is 5.32 Å². The molecule has 0 atom stereocenters. The summed E-state index contributed by atoms with van der Waals surface area (Å²) < 4.78 is 15.2. The number of aryl methyl sites for hydroxylation is 1. The minimum absolute atomic E-state index is 0.188. The van der Waals surface area contributed by atoms with Gasteiger partial charge in [-0.25, -0.2) is 4.39 Å². The van der Waals surface area contributed by atoms with Crippen LogP contribution in [0.5, 0.6) is 0 Å². The van der Waals surface area contributed by atoms with Crippen LogP contribution in [-0.4, -0.2) is 17.0 Å². The Balaban J connectivity index is 1.70. The van der Waals surface area contributed by atoms with Crippen LogP contribution in [-0.2, 0) is 6.42 Å². The quantitative estimate of drug-likeness (QED) is 0.922. The summed E-state index contributed by atoms with van der Waals surface area (Å²) >= 11 is 0. The van der Waals surface area contributed by atoms with Crippen molar-refractivity contribution in [1.82, 2.24) is 9.88 Å². The lowest BCUT2D eigenvalue weighted by Crippen LogP contribution is -2.34. The molecule has 1 aromatic carbocycles. The fourth-order valence-corrected chi connectivity index (χ4v) is 2.66. The summed E-state index contributed by atoms with van der Waals surface area (Å²) in [5, 5.41) is 2.72. The van der Waals surface area contributed by atoms with Gasteiger partial charge in [-0.1, -0.05) is 18.2 Å². The van der Waals surface area contributed by atoms with E-state index >= 15 is 0 Å². The van der Waals surface area contributed by atoms with Gasteiger partial charge in [0.2, 0.25) is 0 Å². The SMILES string of the molecule is Cc1ccn(C2CC2)c(=O)c1C(=O)NCCc1ccccc1F. The van der Waals surface area contributed by atoms with E-state index in [4.69, 9.17) is 0 Å². The number of aromatic nitrogens is 1. The van der Waals surface area contributed by atoms with E-state index in [1.807, 2.05) is 0 Å². The lowest BCUT2D eigenvalue weighted by molar-refractivity contribution is 0.0951. The molecular formula is C18H19FN2O2. The van der Waals surface area contributed by atoms with Crippen LogP contribution in [0.25, 0.3) is 0 Å². The molecule has 5 heteroatoms. The lowest BCUT2D eigenvalue weighted by atomic mass is 10.1. The molecule has 2 aromatic rings. The first-order valence-electron chi connectivity index (χ1n) is 7.81. The second-order valence-corrected chi connectivity index (χ2v) is 5.91. The highest BCUT2D eigenvalue weighted by Gasteiger charge is 2.26. The molecule has 0 spiro atoms. The first kappa shape index (κ1) is 15.5. The number of halogens is 1. The molecule has 1 saturated carbocycles. The van der Waals surface area contributed by atoms with Gasteiger partial charge in [0.15, 0.2) is 0 Å². The summed E-state index contributed by atoms with van der Waals surface area (Å²) in [6.07, 6.45) is 4.11. The standard InChI is InChI=1S/C18H19FN2O2/c1-12-9-11-21(14-6-7-14)18(23)16(12)17(22)20-10-8-13-4-2-3-5-15(13)19/h2-5,9,11,14H,6-8,10H2,1H3,(H,20,22). The summed E-state index contributed by atoms with van der Waals surface area (Å²) in [7, 11) is 0. The van der Waals surface area contributed by atoms with Crippen LogP contribution < -0.4 is 10.9 Å². The zero-order valence-corrected chi connectivity index (χ0v) is 13.0. The highest BCUT2D eigenvalue weighted by molar-refractivity contribution is 5.95. The minimum Gasteiger partial charge on any atom is -0.352 e. The second-order valence-electron chi connectivity index (χ2n) is 5.91. The molecule has 1 heterocycles. The topological polar surface area (TPSA) is 51.1 Å². The number of pyridine rings is 1. The van der Waals surface area contributed by atoms with Crippen molar-refractivity contribution in [3.8, 4) is 0 Å². The van der Waals surface area contributed by atoms with Crippen molar-refractivity contribution in [2.24, 2.45) is 0 Å². The van der Waals surface area contributed by atoms with Crippen molar-refractivity contribution in [3.63, 3.8) is 0 Å². The summed E-state index contributed by atoms with van der Waals surface area (Å²) in [6, 6.07) is 8.50. The third-order valence-corrected chi connectivity index (χ3v) is 4.13. The maximum absolute atomic E-state index is 13.5. The third kappa shape index (κ3) is 3.33. The smallest absolute Gasteiger partial charge is 0.263 e. The molecule has 3 rings (SSSR count). The lowest BCUT2D eigenvalue weighted by Gasteiger charge is -2.10. The van der Waals surface area contributed by atoms with Gasteiger partial charge >= 0.3 is 0 Å². The molecule has 23 heavy (non-hydrogen) atoms. The van der Waals surface area contributed by atoms with E-state index in [0.29, 0.717) is 17.5 Å². The summed E-state index contributed by atoms with van der Waals surface area (Å²) in [6.45, 7) is 2.04. The Morgan fingerprint density at radius 3 is 2.74 bits per heavy atom. The normalized spacial score (nSPS) is 13.8. The number of rotatable bonds is 5. The van der Waals surface area contributed by atoms with E-state index in [1.165, 1.54) is 6.07 Å². The van der Waals surface area contributed by atoms with Crippen LogP contribution in [0.15, 0.2) is 41.3 Å². The average molecular weight is 314 g/mol. The number of nitrogens with zero attached hydrogens (tertiary/aromatic N) is 1. The van der Waals surface area contributed by atoms with Gasteiger partial charge in [0.05, 0.1) is 0 Å². The highest BCUT2D eigenvalue weighted by atomic mass is 19.1. The molecule has 120 valence electrons. The zero-order chi connectivity index (χ0) is 16.4. The molecule has 0 aliphatic heterocycles. The zero-order valence-electron chi connectivity index (χ0n) is 13.0. The monoisotopic (exact) mass is 314 g/mol. The summed E-state index contributed by atoms with van der Waals surface area (Å²) in [5.41, 5.74) is 1.16.